The molecule has 2 N–H and O–H groups in total. The molecule has 8 heteroatoms. The van der Waals surface area contributed by atoms with E-state index in [1.165, 1.54) is 11.8 Å². The molecule has 1 aromatic heterocycles. The van der Waals surface area contributed by atoms with Gasteiger partial charge in [-0.05, 0) is 37.1 Å². The Kier molecular flexibility index (Phi) is 6.73. The van der Waals surface area contributed by atoms with E-state index in [0.717, 1.165) is 41.0 Å². The van der Waals surface area contributed by atoms with Crippen LogP contribution in [-0.2, 0) is 4.79 Å². The summed E-state index contributed by atoms with van der Waals surface area (Å²) in [6, 6.07) is 7.76. The number of nitrogens with zero attached hydrogens (tertiary/aromatic N) is 2. The lowest BCUT2D eigenvalue weighted by molar-refractivity contribution is -0.119. The molecule has 1 aromatic carbocycles. The maximum Gasteiger partial charge on any atom is 0.321 e. The number of carbonyl (C=O) groups is 2. The van der Waals surface area contributed by atoms with Gasteiger partial charge in [0.2, 0.25) is 5.91 Å². The molecule has 2 aromatic rings. The summed E-state index contributed by atoms with van der Waals surface area (Å²) in [7, 11) is 0. The van der Waals surface area contributed by atoms with Gasteiger partial charge in [0, 0.05) is 40.8 Å². The molecule has 0 aliphatic heterocycles. The Morgan fingerprint density at radius 2 is 1.96 bits per heavy atom. The summed E-state index contributed by atoms with van der Waals surface area (Å²) in [6.07, 6.45) is 8.16. The highest BCUT2D eigenvalue weighted by molar-refractivity contribution is 9.10. The van der Waals surface area contributed by atoms with Crippen LogP contribution in [0.5, 0.6) is 0 Å². The van der Waals surface area contributed by atoms with Crippen molar-refractivity contribution in [1.29, 1.82) is 0 Å². The molecule has 0 atom stereocenters. The normalized spacial score (nSPS) is 14.3. The van der Waals surface area contributed by atoms with Crippen LogP contribution in [-0.4, -0.2) is 33.3 Å². The van der Waals surface area contributed by atoms with Gasteiger partial charge < -0.3 is 5.32 Å². The number of imidazole rings is 1. The van der Waals surface area contributed by atoms with Crippen molar-refractivity contribution in [3.8, 4) is 5.69 Å². The quantitative estimate of drug-likeness (QED) is 0.673. The van der Waals surface area contributed by atoms with E-state index in [1.807, 2.05) is 35.0 Å². The fourth-order valence-corrected chi connectivity index (χ4v) is 4.09. The minimum atomic E-state index is -0.386. The first kappa shape index (κ1) is 19.0. The molecule has 1 saturated carbocycles. The van der Waals surface area contributed by atoms with Crippen LogP contribution in [0.1, 0.15) is 32.1 Å². The molecule has 0 saturated heterocycles. The molecule has 0 bridgehead atoms. The van der Waals surface area contributed by atoms with Crippen LogP contribution >= 0.6 is 27.7 Å². The van der Waals surface area contributed by atoms with Gasteiger partial charge in [-0.15, -0.1) is 0 Å². The van der Waals surface area contributed by atoms with Gasteiger partial charge in [0.25, 0.3) is 0 Å². The van der Waals surface area contributed by atoms with Crippen LogP contribution in [0.3, 0.4) is 0 Å². The number of urea groups is 1. The minimum Gasteiger partial charge on any atom is -0.335 e. The van der Waals surface area contributed by atoms with Crippen molar-refractivity contribution in [2.75, 3.05) is 5.75 Å². The van der Waals surface area contributed by atoms with E-state index >= 15 is 0 Å². The number of carbonyl (C=O) groups excluding carboxylic acids is 2. The lowest BCUT2D eigenvalue weighted by Gasteiger charge is -2.12. The number of halogens is 1. The molecule has 1 fully saturated rings. The van der Waals surface area contributed by atoms with Gasteiger partial charge in [-0.25, -0.2) is 9.78 Å². The SMILES string of the molecule is O=C(CCSc1nccn1-c1ccc(Br)cc1)NC(=O)NC1CCCC1. The molecule has 0 spiro atoms. The molecular formula is C18H21BrN4O2S. The number of aromatic nitrogens is 2. The average Bonchev–Trinajstić information content (AvgIpc) is 3.27. The zero-order valence-corrected chi connectivity index (χ0v) is 16.7. The molecule has 3 rings (SSSR count). The minimum absolute atomic E-state index is 0.204. The molecule has 26 heavy (non-hydrogen) atoms. The first-order valence-electron chi connectivity index (χ1n) is 8.64. The van der Waals surface area contributed by atoms with Gasteiger partial charge in [-0.1, -0.05) is 40.5 Å². The van der Waals surface area contributed by atoms with Crippen LogP contribution in [0.15, 0.2) is 46.3 Å². The van der Waals surface area contributed by atoms with Gasteiger partial charge in [0.05, 0.1) is 0 Å². The monoisotopic (exact) mass is 436 g/mol. The van der Waals surface area contributed by atoms with Crippen LogP contribution in [0.4, 0.5) is 4.79 Å². The Morgan fingerprint density at radius 3 is 2.69 bits per heavy atom. The fourth-order valence-electron chi connectivity index (χ4n) is 2.91. The fraction of sp³-hybridized carbons (Fsp3) is 0.389. The van der Waals surface area contributed by atoms with Crippen LogP contribution in [0, 0.1) is 0 Å². The Balaban J connectivity index is 1.45. The van der Waals surface area contributed by atoms with E-state index in [1.54, 1.807) is 6.20 Å². The second kappa shape index (κ2) is 9.23. The first-order chi connectivity index (χ1) is 12.6. The van der Waals surface area contributed by atoms with E-state index in [9.17, 15) is 9.59 Å². The molecular weight excluding hydrogens is 416 g/mol. The van der Waals surface area contributed by atoms with Crippen LogP contribution in [0.25, 0.3) is 5.69 Å². The van der Waals surface area contributed by atoms with Gasteiger partial charge in [-0.3, -0.25) is 14.7 Å². The molecule has 138 valence electrons. The van der Waals surface area contributed by atoms with Crippen molar-refractivity contribution < 1.29 is 9.59 Å². The molecule has 0 unspecified atom stereocenters. The maximum atomic E-state index is 11.9. The summed E-state index contributed by atoms with van der Waals surface area (Å²) in [5.41, 5.74) is 1.01. The van der Waals surface area contributed by atoms with E-state index < -0.39 is 0 Å². The van der Waals surface area contributed by atoms with E-state index in [0.29, 0.717) is 5.75 Å². The molecule has 1 heterocycles. The Morgan fingerprint density at radius 1 is 1.23 bits per heavy atom. The smallest absolute Gasteiger partial charge is 0.321 e. The number of hydrogen-bond acceptors (Lipinski definition) is 4. The van der Waals surface area contributed by atoms with Crippen molar-refractivity contribution in [2.45, 2.75) is 43.3 Å². The highest BCUT2D eigenvalue weighted by atomic mass is 79.9. The largest absolute Gasteiger partial charge is 0.335 e. The Hall–Kier alpha value is -1.80. The molecule has 1 aliphatic rings. The molecule has 3 amide bonds. The number of thioether (sulfide) groups is 1. The van der Waals surface area contributed by atoms with Crippen molar-refractivity contribution in [3.63, 3.8) is 0 Å². The molecule has 6 nitrogen and oxygen atoms in total. The summed E-state index contributed by atoms with van der Waals surface area (Å²) >= 11 is 4.91. The van der Waals surface area contributed by atoms with Crippen LogP contribution in [0.2, 0.25) is 0 Å². The summed E-state index contributed by atoms with van der Waals surface area (Å²) in [4.78, 5) is 28.1. The number of nitrogens with one attached hydrogen (secondary N) is 2. The first-order valence-corrected chi connectivity index (χ1v) is 10.4. The topological polar surface area (TPSA) is 76.0 Å². The zero-order valence-electron chi connectivity index (χ0n) is 14.3. The third-order valence-corrected chi connectivity index (χ3v) is 5.71. The predicted molar refractivity (Wildman–Crippen MR) is 106 cm³/mol. The summed E-state index contributed by atoms with van der Waals surface area (Å²) in [5.74, 6) is 0.283. The van der Waals surface area contributed by atoms with Gasteiger partial charge in [0.15, 0.2) is 5.16 Å². The van der Waals surface area contributed by atoms with Gasteiger partial charge in [-0.2, -0.15) is 0 Å². The highest BCUT2D eigenvalue weighted by Crippen LogP contribution is 2.22. The lowest BCUT2D eigenvalue weighted by Crippen LogP contribution is -2.43. The third-order valence-electron chi connectivity index (χ3n) is 4.22. The lowest BCUT2D eigenvalue weighted by atomic mass is 10.2. The third kappa shape index (κ3) is 5.35. The second-order valence-corrected chi connectivity index (χ2v) is 8.14. The zero-order chi connectivity index (χ0) is 18.4. The Labute approximate surface area is 165 Å². The summed E-state index contributed by atoms with van der Waals surface area (Å²) in [6.45, 7) is 0. The van der Waals surface area contributed by atoms with Gasteiger partial charge in [0.1, 0.15) is 0 Å². The number of benzene rings is 1. The summed E-state index contributed by atoms with van der Waals surface area (Å²) in [5, 5.41) is 6.07. The van der Waals surface area contributed by atoms with Crippen molar-refractivity contribution in [1.82, 2.24) is 20.2 Å². The maximum absolute atomic E-state index is 11.9. The van der Waals surface area contributed by atoms with Crippen molar-refractivity contribution in [3.05, 3.63) is 41.1 Å². The number of imide groups is 1. The Bertz CT molecular complexity index is 757. The van der Waals surface area contributed by atoms with E-state index in [4.69, 9.17) is 0 Å². The summed E-state index contributed by atoms with van der Waals surface area (Å²) < 4.78 is 2.99. The van der Waals surface area contributed by atoms with Crippen molar-refractivity contribution in [2.24, 2.45) is 0 Å². The number of rotatable bonds is 6. The predicted octanol–water partition coefficient (Wildman–Crippen LogP) is 3.89. The molecule has 1 aliphatic carbocycles. The second-order valence-electron chi connectivity index (χ2n) is 6.16. The van der Waals surface area contributed by atoms with E-state index in [2.05, 4.69) is 31.5 Å². The number of hydrogen-bond donors (Lipinski definition) is 2. The highest BCUT2D eigenvalue weighted by Gasteiger charge is 2.18. The average molecular weight is 437 g/mol. The van der Waals surface area contributed by atoms with Crippen LogP contribution < -0.4 is 10.6 Å². The molecule has 0 radical (unpaired) electrons. The number of amides is 3. The van der Waals surface area contributed by atoms with Gasteiger partial charge >= 0.3 is 6.03 Å². The van der Waals surface area contributed by atoms with E-state index in [-0.39, 0.29) is 24.4 Å². The van der Waals surface area contributed by atoms with Crippen molar-refractivity contribution >= 4 is 39.6 Å². The standard InChI is InChI=1S/C18H21BrN4O2S/c19-13-5-7-15(8-6-13)23-11-10-20-18(23)26-12-9-16(24)22-17(25)21-14-3-1-2-4-14/h5-8,10-11,14H,1-4,9,12H2,(H2,21,22,24,25).